The molecule has 1 rings (SSSR count). The van der Waals surface area contributed by atoms with Crippen LogP contribution in [-0.2, 0) is 14.8 Å². The number of carbonyl (C=O) groups is 1. The average molecular weight is 328 g/mol. The SMILES string of the molecule is CC(CN)C(=O)Nc1cc(S(=O)(=O)N(C)C)ccc1N(C)C. The van der Waals surface area contributed by atoms with Crippen LogP contribution in [0.2, 0.25) is 0 Å². The Bertz CT molecular complexity index is 641. The number of carbonyl (C=O) groups excluding carboxylic acids is 1. The van der Waals surface area contributed by atoms with E-state index in [1.54, 1.807) is 17.9 Å². The van der Waals surface area contributed by atoms with E-state index in [0.29, 0.717) is 5.69 Å². The number of anilines is 2. The van der Waals surface area contributed by atoms with Crippen LogP contribution in [0.25, 0.3) is 0 Å². The number of hydrogen-bond donors (Lipinski definition) is 2. The quantitative estimate of drug-likeness (QED) is 0.794. The lowest BCUT2D eigenvalue weighted by Crippen LogP contribution is -2.28. The second-order valence-electron chi connectivity index (χ2n) is 5.49. The molecule has 0 fully saturated rings. The smallest absolute Gasteiger partial charge is 0.242 e. The lowest BCUT2D eigenvalue weighted by atomic mass is 10.1. The van der Waals surface area contributed by atoms with E-state index in [9.17, 15) is 13.2 Å². The van der Waals surface area contributed by atoms with Gasteiger partial charge in [-0.2, -0.15) is 0 Å². The summed E-state index contributed by atoms with van der Waals surface area (Å²) in [6.07, 6.45) is 0. The van der Waals surface area contributed by atoms with Gasteiger partial charge < -0.3 is 16.0 Å². The molecule has 0 spiro atoms. The van der Waals surface area contributed by atoms with Gasteiger partial charge in [-0.3, -0.25) is 4.79 Å². The minimum atomic E-state index is -3.56. The summed E-state index contributed by atoms with van der Waals surface area (Å²) in [5, 5.41) is 2.75. The lowest BCUT2D eigenvalue weighted by Gasteiger charge is -2.21. The Morgan fingerprint density at radius 3 is 2.32 bits per heavy atom. The van der Waals surface area contributed by atoms with Crippen molar-refractivity contribution in [3.63, 3.8) is 0 Å². The monoisotopic (exact) mass is 328 g/mol. The minimum Gasteiger partial charge on any atom is -0.376 e. The van der Waals surface area contributed by atoms with Crippen molar-refractivity contribution in [3.8, 4) is 0 Å². The molecule has 7 nitrogen and oxygen atoms in total. The molecular formula is C14H24N4O3S. The summed E-state index contributed by atoms with van der Waals surface area (Å²) in [5.41, 5.74) is 6.65. The first kappa shape index (κ1) is 18.4. The van der Waals surface area contributed by atoms with Crippen molar-refractivity contribution >= 4 is 27.3 Å². The van der Waals surface area contributed by atoms with Crippen molar-refractivity contribution in [2.45, 2.75) is 11.8 Å². The van der Waals surface area contributed by atoms with Crippen LogP contribution in [0.5, 0.6) is 0 Å². The van der Waals surface area contributed by atoms with E-state index < -0.39 is 10.0 Å². The Morgan fingerprint density at radius 1 is 1.27 bits per heavy atom. The van der Waals surface area contributed by atoms with Crippen molar-refractivity contribution in [2.75, 3.05) is 45.0 Å². The van der Waals surface area contributed by atoms with E-state index in [4.69, 9.17) is 5.73 Å². The Balaban J connectivity index is 3.31. The van der Waals surface area contributed by atoms with Gasteiger partial charge in [-0.15, -0.1) is 0 Å². The van der Waals surface area contributed by atoms with Crippen LogP contribution < -0.4 is 16.0 Å². The van der Waals surface area contributed by atoms with Gasteiger partial charge in [0.1, 0.15) is 0 Å². The molecule has 0 saturated heterocycles. The summed E-state index contributed by atoms with van der Waals surface area (Å²) in [5.74, 6) is -0.603. The summed E-state index contributed by atoms with van der Waals surface area (Å²) in [6, 6.07) is 4.65. The second-order valence-corrected chi connectivity index (χ2v) is 7.64. The highest BCUT2D eigenvalue weighted by atomic mass is 32.2. The maximum absolute atomic E-state index is 12.2. The molecule has 1 atom stereocenters. The molecule has 0 aliphatic heterocycles. The zero-order valence-corrected chi connectivity index (χ0v) is 14.4. The van der Waals surface area contributed by atoms with Gasteiger partial charge >= 0.3 is 0 Å². The summed E-state index contributed by atoms with van der Waals surface area (Å²) >= 11 is 0. The molecule has 22 heavy (non-hydrogen) atoms. The highest BCUT2D eigenvalue weighted by Crippen LogP contribution is 2.28. The molecular weight excluding hydrogens is 304 g/mol. The molecule has 3 N–H and O–H groups in total. The number of nitrogens with one attached hydrogen (secondary N) is 1. The zero-order chi connectivity index (χ0) is 17.1. The summed E-state index contributed by atoms with van der Waals surface area (Å²) in [4.78, 5) is 14.0. The predicted molar refractivity (Wildman–Crippen MR) is 88.5 cm³/mol. The van der Waals surface area contributed by atoms with Gasteiger partial charge in [0.25, 0.3) is 0 Å². The van der Waals surface area contributed by atoms with Gasteiger partial charge in [0.2, 0.25) is 15.9 Å². The van der Waals surface area contributed by atoms with Gasteiger partial charge in [0.15, 0.2) is 0 Å². The Hall–Kier alpha value is -1.64. The van der Waals surface area contributed by atoms with Crippen molar-refractivity contribution in [3.05, 3.63) is 18.2 Å². The molecule has 0 bridgehead atoms. The van der Waals surface area contributed by atoms with E-state index in [-0.39, 0.29) is 23.3 Å². The maximum Gasteiger partial charge on any atom is 0.242 e. The Kier molecular flexibility index (Phi) is 5.92. The van der Waals surface area contributed by atoms with Gasteiger partial charge in [0, 0.05) is 40.7 Å². The number of hydrogen-bond acceptors (Lipinski definition) is 5. The maximum atomic E-state index is 12.2. The average Bonchev–Trinajstić information content (AvgIpc) is 2.45. The van der Waals surface area contributed by atoms with Gasteiger partial charge in [-0.25, -0.2) is 12.7 Å². The molecule has 1 aromatic rings. The van der Waals surface area contributed by atoms with E-state index in [1.165, 1.54) is 26.2 Å². The third kappa shape index (κ3) is 3.96. The molecule has 1 amide bonds. The fourth-order valence-electron chi connectivity index (χ4n) is 1.74. The standard InChI is InChI=1S/C14H24N4O3S/c1-10(9-15)14(19)16-12-8-11(22(20,21)18(4)5)6-7-13(12)17(2)3/h6-8,10H,9,15H2,1-5H3,(H,16,19). The number of amides is 1. The molecule has 0 aliphatic carbocycles. The third-order valence-electron chi connectivity index (χ3n) is 3.29. The summed E-state index contributed by atoms with van der Waals surface area (Å²) in [7, 11) is 2.99. The van der Waals surface area contributed by atoms with Crippen LogP contribution in [0.3, 0.4) is 0 Å². The fourth-order valence-corrected chi connectivity index (χ4v) is 2.67. The predicted octanol–water partition coefficient (Wildman–Crippen LogP) is 0.536. The van der Waals surface area contributed by atoms with Gasteiger partial charge in [-0.05, 0) is 18.2 Å². The van der Waals surface area contributed by atoms with Crippen molar-refractivity contribution < 1.29 is 13.2 Å². The summed E-state index contributed by atoms with van der Waals surface area (Å²) < 4.78 is 25.6. The lowest BCUT2D eigenvalue weighted by molar-refractivity contribution is -0.119. The van der Waals surface area contributed by atoms with Gasteiger partial charge in [0.05, 0.1) is 16.3 Å². The highest BCUT2D eigenvalue weighted by molar-refractivity contribution is 7.89. The number of nitrogens with zero attached hydrogens (tertiary/aromatic N) is 2. The first-order chi connectivity index (χ1) is 10.1. The largest absolute Gasteiger partial charge is 0.376 e. The van der Waals surface area contributed by atoms with Crippen LogP contribution in [0.4, 0.5) is 11.4 Å². The van der Waals surface area contributed by atoms with Crippen LogP contribution in [0.1, 0.15) is 6.92 Å². The van der Waals surface area contributed by atoms with Crippen LogP contribution in [-0.4, -0.2) is 53.4 Å². The van der Waals surface area contributed by atoms with E-state index in [1.807, 2.05) is 14.1 Å². The first-order valence-electron chi connectivity index (χ1n) is 6.86. The van der Waals surface area contributed by atoms with Crippen LogP contribution in [0.15, 0.2) is 23.1 Å². The first-order valence-corrected chi connectivity index (χ1v) is 8.30. The molecule has 1 unspecified atom stereocenters. The number of nitrogens with two attached hydrogens (primary N) is 1. The molecule has 1 aromatic carbocycles. The van der Waals surface area contributed by atoms with Crippen molar-refractivity contribution in [1.82, 2.24) is 4.31 Å². The molecule has 8 heteroatoms. The summed E-state index contributed by atoms with van der Waals surface area (Å²) in [6.45, 7) is 1.93. The molecule has 0 aromatic heterocycles. The zero-order valence-electron chi connectivity index (χ0n) is 13.6. The topological polar surface area (TPSA) is 95.7 Å². The Labute approximate surface area is 132 Å². The van der Waals surface area contributed by atoms with Crippen molar-refractivity contribution in [1.29, 1.82) is 0 Å². The minimum absolute atomic E-state index is 0.124. The second kappa shape index (κ2) is 7.08. The van der Waals surface area contributed by atoms with E-state index in [2.05, 4.69) is 5.32 Å². The molecule has 0 saturated carbocycles. The Morgan fingerprint density at radius 2 is 1.86 bits per heavy atom. The molecule has 0 heterocycles. The van der Waals surface area contributed by atoms with Crippen LogP contribution in [0, 0.1) is 5.92 Å². The molecule has 0 radical (unpaired) electrons. The highest BCUT2D eigenvalue weighted by Gasteiger charge is 2.21. The number of sulfonamides is 1. The van der Waals surface area contributed by atoms with Crippen LogP contribution >= 0.6 is 0 Å². The fraction of sp³-hybridized carbons (Fsp3) is 0.500. The third-order valence-corrected chi connectivity index (χ3v) is 5.10. The normalized spacial score (nSPS) is 13.0. The molecule has 124 valence electrons. The number of rotatable bonds is 6. The molecule has 0 aliphatic rings. The number of benzene rings is 1. The van der Waals surface area contributed by atoms with E-state index >= 15 is 0 Å². The van der Waals surface area contributed by atoms with Crippen molar-refractivity contribution in [2.24, 2.45) is 11.7 Å². The van der Waals surface area contributed by atoms with Gasteiger partial charge in [-0.1, -0.05) is 6.92 Å². The van der Waals surface area contributed by atoms with E-state index in [0.717, 1.165) is 9.99 Å².